The molecule has 1 aliphatic heterocycles. The molecular weight excluding hydrogens is 388 g/mol. The smallest absolute Gasteiger partial charge is 0.164 e. The van der Waals surface area contributed by atoms with Crippen LogP contribution in [0.2, 0.25) is 5.02 Å². The Labute approximate surface area is 178 Å². The number of aliphatic imine (C=N–C) groups is 1. The highest BCUT2D eigenvalue weighted by Crippen LogP contribution is 2.28. The minimum absolute atomic E-state index is 0.155. The average molecular weight is 417 g/mol. The van der Waals surface area contributed by atoms with Crippen molar-refractivity contribution in [1.29, 1.82) is 0 Å². The van der Waals surface area contributed by atoms with Crippen LogP contribution in [0.5, 0.6) is 0 Å². The summed E-state index contributed by atoms with van der Waals surface area (Å²) in [7, 11) is 0. The number of rotatable bonds is 2. The summed E-state index contributed by atoms with van der Waals surface area (Å²) in [4.78, 5) is 14.0. The summed E-state index contributed by atoms with van der Waals surface area (Å²) in [5, 5.41) is 1.77. The van der Waals surface area contributed by atoms with Gasteiger partial charge < -0.3 is 9.80 Å². The highest BCUT2D eigenvalue weighted by molar-refractivity contribution is 8.13. The number of thioether (sulfide) groups is 1. The maximum atomic E-state index is 6.34. The number of hydrogen-bond acceptors (Lipinski definition) is 4. The molecule has 3 rings (SSSR count). The third-order valence-electron chi connectivity index (χ3n) is 5.05. The predicted octanol–water partition coefficient (Wildman–Crippen LogP) is 5.59. The molecule has 1 aromatic carbocycles. The largest absolute Gasteiger partial charge is 0.352 e. The van der Waals surface area contributed by atoms with Crippen molar-refractivity contribution in [1.82, 2.24) is 9.88 Å². The fourth-order valence-electron chi connectivity index (χ4n) is 3.42. The Morgan fingerprint density at radius 2 is 1.89 bits per heavy atom. The van der Waals surface area contributed by atoms with Crippen LogP contribution in [0.15, 0.2) is 47.6 Å². The summed E-state index contributed by atoms with van der Waals surface area (Å²) in [6.45, 7) is 11.6. The molecule has 1 fully saturated rings. The van der Waals surface area contributed by atoms with Crippen LogP contribution in [0.4, 0.5) is 11.5 Å². The standard InChI is InChI=1S/C22H29ClN4S/c1-16-15-26(20-19(23)7-6-12-24-20)13-14-27(16)21(28-5)25-18-10-8-17(9-11-18)22(2,3)4/h6-12,16H,13-15H2,1-5H3/b25-21-/t16-/m1/s1. The van der Waals surface area contributed by atoms with Gasteiger partial charge in [0.25, 0.3) is 0 Å². The van der Waals surface area contributed by atoms with E-state index >= 15 is 0 Å². The van der Waals surface area contributed by atoms with Gasteiger partial charge in [-0.2, -0.15) is 0 Å². The third kappa shape index (κ3) is 4.81. The molecule has 0 spiro atoms. The number of benzene rings is 1. The van der Waals surface area contributed by atoms with E-state index in [-0.39, 0.29) is 5.41 Å². The number of anilines is 1. The summed E-state index contributed by atoms with van der Waals surface area (Å²) in [5.41, 5.74) is 2.48. The number of hydrogen-bond donors (Lipinski definition) is 0. The minimum Gasteiger partial charge on any atom is -0.352 e. The average Bonchev–Trinajstić information content (AvgIpc) is 2.66. The number of halogens is 1. The minimum atomic E-state index is 0.155. The first-order valence-electron chi connectivity index (χ1n) is 9.65. The molecule has 150 valence electrons. The fraction of sp³-hybridized carbons (Fsp3) is 0.455. The molecule has 1 saturated heterocycles. The second kappa shape index (κ2) is 8.75. The highest BCUT2D eigenvalue weighted by Gasteiger charge is 2.27. The molecule has 0 radical (unpaired) electrons. The van der Waals surface area contributed by atoms with Gasteiger partial charge in [-0.25, -0.2) is 9.98 Å². The van der Waals surface area contributed by atoms with E-state index in [0.717, 1.165) is 36.3 Å². The molecule has 2 aromatic rings. The molecule has 0 N–H and O–H groups in total. The van der Waals surface area contributed by atoms with Crippen LogP contribution in [-0.2, 0) is 5.41 Å². The monoisotopic (exact) mass is 416 g/mol. The van der Waals surface area contributed by atoms with Crippen molar-refractivity contribution in [3.63, 3.8) is 0 Å². The van der Waals surface area contributed by atoms with E-state index in [2.05, 4.69) is 73.0 Å². The van der Waals surface area contributed by atoms with Crippen LogP contribution >= 0.6 is 23.4 Å². The Balaban J connectivity index is 1.75. The predicted molar refractivity (Wildman–Crippen MR) is 123 cm³/mol. The lowest BCUT2D eigenvalue weighted by Crippen LogP contribution is -2.53. The van der Waals surface area contributed by atoms with Crippen molar-refractivity contribution in [2.24, 2.45) is 4.99 Å². The van der Waals surface area contributed by atoms with Crippen molar-refractivity contribution in [2.75, 3.05) is 30.8 Å². The summed E-state index contributed by atoms with van der Waals surface area (Å²) in [5.74, 6) is 0.871. The highest BCUT2D eigenvalue weighted by atomic mass is 35.5. The zero-order valence-electron chi connectivity index (χ0n) is 17.3. The molecule has 28 heavy (non-hydrogen) atoms. The van der Waals surface area contributed by atoms with E-state index in [1.165, 1.54) is 5.56 Å². The molecule has 0 bridgehead atoms. The lowest BCUT2D eigenvalue weighted by Gasteiger charge is -2.41. The van der Waals surface area contributed by atoms with Crippen molar-refractivity contribution in [2.45, 2.75) is 39.2 Å². The van der Waals surface area contributed by atoms with Gasteiger partial charge >= 0.3 is 0 Å². The van der Waals surface area contributed by atoms with Crippen molar-refractivity contribution >= 4 is 40.0 Å². The van der Waals surface area contributed by atoms with E-state index in [0.29, 0.717) is 11.1 Å². The molecular formula is C22H29ClN4S. The molecule has 0 amide bonds. The molecule has 1 atom stereocenters. The normalized spacial score (nSPS) is 18.5. The Hall–Kier alpha value is -1.72. The second-order valence-corrected chi connectivity index (χ2v) is 9.37. The van der Waals surface area contributed by atoms with E-state index in [1.54, 1.807) is 18.0 Å². The van der Waals surface area contributed by atoms with E-state index in [1.807, 2.05) is 12.1 Å². The van der Waals surface area contributed by atoms with Gasteiger partial charge in [0.15, 0.2) is 5.17 Å². The van der Waals surface area contributed by atoms with Gasteiger partial charge in [-0.3, -0.25) is 0 Å². The zero-order chi connectivity index (χ0) is 20.3. The lowest BCUT2D eigenvalue weighted by atomic mass is 9.87. The van der Waals surface area contributed by atoms with Gasteiger partial charge in [-0.1, -0.05) is 56.3 Å². The maximum absolute atomic E-state index is 6.34. The topological polar surface area (TPSA) is 31.7 Å². The van der Waals surface area contributed by atoms with E-state index < -0.39 is 0 Å². The molecule has 6 heteroatoms. The fourth-order valence-corrected chi connectivity index (χ4v) is 4.36. The number of aromatic nitrogens is 1. The SMILES string of the molecule is CS/C(=N\c1ccc(C(C)(C)C)cc1)N1CCN(c2ncccc2Cl)C[C@H]1C. The van der Waals surface area contributed by atoms with Crippen LogP contribution in [-0.4, -0.2) is 47.0 Å². The van der Waals surface area contributed by atoms with Gasteiger partial charge in [0.1, 0.15) is 5.82 Å². The first-order chi connectivity index (χ1) is 13.3. The van der Waals surface area contributed by atoms with Gasteiger partial charge in [0.05, 0.1) is 10.7 Å². The van der Waals surface area contributed by atoms with Crippen LogP contribution in [0.1, 0.15) is 33.3 Å². The molecule has 1 aliphatic rings. The molecule has 0 aliphatic carbocycles. The zero-order valence-corrected chi connectivity index (χ0v) is 18.9. The Morgan fingerprint density at radius 3 is 2.46 bits per heavy atom. The molecule has 4 nitrogen and oxygen atoms in total. The van der Waals surface area contributed by atoms with Crippen molar-refractivity contribution in [3.05, 3.63) is 53.2 Å². The van der Waals surface area contributed by atoms with Crippen LogP contribution in [0.25, 0.3) is 0 Å². The molecule has 2 heterocycles. The second-order valence-electron chi connectivity index (χ2n) is 8.19. The first kappa shape index (κ1) is 21.0. The molecule has 0 saturated carbocycles. The number of amidine groups is 1. The van der Waals surface area contributed by atoms with Gasteiger partial charge in [-0.05, 0) is 48.4 Å². The van der Waals surface area contributed by atoms with Gasteiger partial charge in [-0.15, -0.1) is 0 Å². The third-order valence-corrected chi connectivity index (χ3v) is 6.04. The quantitative estimate of drug-likeness (QED) is 0.471. The maximum Gasteiger partial charge on any atom is 0.164 e. The van der Waals surface area contributed by atoms with Crippen molar-refractivity contribution in [3.8, 4) is 0 Å². The summed E-state index contributed by atoms with van der Waals surface area (Å²) in [6.07, 6.45) is 3.89. The van der Waals surface area contributed by atoms with Crippen molar-refractivity contribution < 1.29 is 0 Å². The Bertz CT molecular complexity index is 829. The van der Waals surface area contributed by atoms with Crippen LogP contribution in [0.3, 0.4) is 0 Å². The summed E-state index contributed by atoms with van der Waals surface area (Å²) >= 11 is 8.04. The summed E-state index contributed by atoms with van der Waals surface area (Å²) < 4.78 is 0. The van der Waals surface area contributed by atoms with Crippen LogP contribution < -0.4 is 4.90 Å². The first-order valence-corrected chi connectivity index (χ1v) is 11.2. The van der Waals surface area contributed by atoms with Crippen LogP contribution in [0, 0.1) is 0 Å². The number of piperazine rings is 1. The Kier molecular flexibility index (Phi) is 6.56. The number of pyridine rings is 1. The van der Waals surface area contributed by atoms with Gasteiger partial charge in [0, 0.05) is 31.9 Å². The summed E-state index contributed by atoms with van der Waals surface area (Å²) in [6, 6.07) is 12.7. The molecule has 1 aromatic heterocycles. The van der Waals surface area contributed by atoms with E-state index in [4.69, 9.17) is 16.6 Å². The molecule has 0 unspecified atom stereocenters. The number of nitrogens with zero attached hydrogens (tertiary/aromatic N) is 4. The lowest BCUT2D eigenvalue weighted by molar-refractivity contribution is 0.303. The van der Waals surface area contributed by atoms with E-state index in [9.17, 15) is 0 Å². The van der Waals surface area contributed by atoms with Gasteiger partial charge in [0.2, 0.25) is 0 Å². The Morgan fingerprint density at radius 1 is 1.18 bits per heavy atom.